The molecule has 0 radical (unpaired) electrons. The minimum Gasteiger partial charge on any atom is -0.543 e. The zero-order valence-electron chi connectivity index (χ0n) is 15.0. The lowest BCUT2D eigenvalue weighted by molar-refractivity contribution is -0.140. The summed E-state index contributed by atoms with van der Waals surface area (Å²) in [6, 6.07) is 7.63. The highest BCUT2D eigenvalue weighted by molar-refractivity contribution is 6.74. The average Bonchev–Trinajstić information content (AvgIpc) is 2.46. The van der Waals surface area contributed by atoms with Crippen LogP contribution in [0.4, 0.5) is 0 Å². The van der Waals surface area contributed by atoms with Gasteiger partial charge in [0.05, 0.1) is 7.11 Å². The largest absolute Gasteiger partial charge is 0.543 e. The predicted molar refractivity (Wildman–Crippen MR) is 94.3 cm³/mol. The maximum atomic E-state index is 11.4. The molecular weight excluding hydrogens is 308 g/mol. The van der Waals surface area contributed by atoms with Gasteiger partial charge in [-0.1, -0.05) is 32.9 Å². The van der Waals surface area contributed by atoms with Crippen LogP contribution in [0.1, 0.15) is 45.1 Å². The highest BCUT2D eigenvalue weighted by Gasteiger charge is 2.39. The number of aldehydes is 1. The maximum absolute atomic E-state index is 11.4. The molecule has 128 valence electrons. The number of benzene rings is 1. The van der Waals surface area contributed by atoms with Gasteiger partial charge in [0.2, 0.25) is 8.32 Å². The summed E-state index contributed by atoms with van der Waals surface area (Å²) in [6.07, 6.45) is 1.56. The van der Waals surface area contributed by atoms with E-state index in [0.29, 0.717) is 6.42 Å². The van der Waals surface area contributed by atoms with E-state index >= 15 is 0 Å². The van der Waals surface area contributed by atoms with Crippen molar-refractivity contribution in [3.8, 4) is 5.75 Å². The highest BCUT2D eigenvalue weighted by Crippen LogP contribution is 2.37. The molecule has 0 spiro atoms. The molecule has 0 aliphatic heterocycles. The Morgan fingerprint density at radius 3 is 2.48 bits per heavy atom. The van der Waals surface area contributed by atoms with Gasteiger partial charge in [-0.25, -0.2) is 0 Å². The third-order valence-electron chi connectivity index (χ3n) is 4.52. The fourth-order valence-corrected chi connectivity index (χ4v) is 2.97. The highest BCUT2D eigenvalue weighted by atomic mass is 28.4. The molecule has 1 aromatic rings. The summed E-state index contributed by atoms with van der Waals surface area (Å²) in [4.78, 5) is 22.6. The van der Waals surface area contributed by atoms with Crippen molar-refractivity contribution in [2.24, 2.45) is 0 Å². The Balaban J connectivity index is 2.90. The van der Waals surface area contributed by atoms with E-state index in [0.717, 1.165) is 17.6 Å². The molecule has 0 N–H and O–H groups in total. The molecule has 0 saturated heterocycles. The van der Waals surface area contributed by atoms with E-state index in [9.17, 15) is 9.59 Å². The first-order valence-electron chi connectivity index (χ1n) is 7.92. The molecule has 0 unspecified atom stereocenters. The summed E-state index contributed by atoms with van der Waals surface area (Å²) in [5.74, 6) is 0.168. The summed E-state index contributed by atoms with van der Waals surface area (Å²) in [6.45, 7) is 10.9. The first-order valence-corrected chi connectivity index (χ1v) is 10.8. The van der Waals surface area contributed by atoms with Crippen molar-refractivity contribution in [2.75, 3.05) is 7.11 Å². The Bertz CT molecular complexity index is 546. The molecule has 0 bridgehead atoms. The van der Waals surface area contributed by atoms with Gasteiger partial charge in [-0.05, 0) is 42.2 Å². The second-order valence-electron chi connectivity index (χ2n) is 7.29. The number of hydrogen-bond donors (Lipinski definition) is 0. The van der Waals surface area contributed by atoms with Crippen LogP contribution in [0.25, 0.3) is 0 Å². The molecule has 0 fully saturated rings. The van der Waals surface area contributed by atoms with Crippen LogP contribution in [0.5, 0.6) is 5.75 Å². The van der Waals surface area contributed by atoms with Crippen molar-refractivity contribution in [2.45, 2.75) is 57.7 Å². The Morgan fingerprint density at radius 2 is 1.96 bits per heavy atom. The Labute approximate surface area is 140 Å². The molecule has 0 saturated carbocycles. The third kappa shape index (κ3) is 5.50. The summed E-state index contributed by atoms with van der Waals surface area (Å²) in [5, 5.41) is 0.109. The summed E-state index contributed by atoms with van der Waals surface area (Å²) < 4.78 is 10.9. The summed E-state index contributed by atoms with van der Waals surface area (Å²) in [5.41, 5.74) is 0.875. The number of hydrogen-bond acceptors (Lipinski definition) is 4. The number of methoxy groups -OCH3 is 1. The van der Waals surface area contributed by atoms with Gasteiger partial charge in [0, 0.05) is 12.3 Å². The standard InChI is InChI=1S/C18H28O4Si/c1-18(2,3)23(5,6)22-16-9-7-8-14(12-16)15(13-19)10-11-17(20)21-4/h7-9,12-13,15H,10-11H2,1-6H3/t15-/m1/s1. The first-order chi connectivity index (χ1) is 10.6. The Hall–Kier alpha value is -1.62. The molecule has 23 heavy (non-hydrogen) atoms. The number of rotatable bonds is 7. The molecule has 4 nitrogen and oxygen atoms in total. The third-order valence-corrected chi connectivity index (χ3v) is 8.88. The molecule has 0 aliphatic carbocycles. The van der Waals surface area contributed by atoms with Crippen LogP contribution in [-0.4, -0.2) is 27.7 Å². The second-order valence-corrected chi connectivity index (χ2v) is 12.0. The Morgan fingerprint density at radius 1 is 1.30 bits per heavy atom. The van der Waals surface area contributed by atoms with Crippen molar-refractivity contribution < 1.29 is 18.8 Å². The van der Waals surface area contributed by atoms with E-state index in [1.807, 2.05) is 24.3 Å². The molecule has 0 heterocycles. The van der Waals surface area contributed by atoms with Crippen LogP contribution < -0.4 is 4.43 Å². The molecule has 1 atom stereocenters. The van der Waals surface area contributed by atoms with Gasteiger partial charge in [0.25, 0.3) is 0 Å². The van der Waals surface area contributed by atoms with Crippen LogP contribution in [-0.2, 0) is 14.3 Å². The molecule has 0 aromatic heterocycles. The number of carbonyl (C=O) groups excluding carboxylic acids is 2. The number of carbonyl (C=O) groups is 2. The number of esters is 1. The van der Waals surface area contributed by atoms with Gasteiger partial charge in [0.1, 0.15) is 12.0 Å². The van der Waals surface area contributed by atoms with Crippen LogP contribution in [0.3, 0.4) is 0 Å². The zero-order chi connectivity index (χ0) is 17.7. The topological polar surface area (TPSA) is 52.6 Å². The molecule has 0 aliphatic rings. The molecule has 5 heteroatoms. The van der Waals surface area contributed by atoms with E-state index in [4.69, 9.17) is 4.43 Å². The second kappa shape index (κ2) is 7.77. The van der Waals surface area contributed by atoms with E-state index in [1.54, 1.807) is 0 Å². The summed E-state index contributed by atoms with van der Waals surface area (Å²) >= 11 is 0. The average molecular weight is 337 g/mol. The van der Waals surface area contributed by atoms with Crippen molar-refractivity contribution in [3.63, 3.8) is 0 Å². The van der Waals surface area contributed by atoms with Crippen molar-refractivity contribution in [1.29, 1.82) is 0 Å². The minimum atomic E-state index is -1.92. The van der Waals surface area contributed by atoms with Gasteiger partial charge in [0.15, 0.2) is 0 Å². The van der Waals surface area contributed by atoms with Gasteiger partial charge < -0.3 is 14.0 Å². The minimum absolute atomic E-state index is 0.109. The fourth-order valence-electron chi connectivity index (χ4n) is 1.95. The molecule has 1 aromatic carbocycles. The molecule has 0 amide bonds. The smallest absolute Gasteiger partial charge is 0.305 e. The van der Waals surface area contributed by atoms with E-state index < -0.39 is 8.32 Å². The van der Waals surface area contributed by atoms with Crippen molar-refractivity contribution in [1.82, 2.24) is 0 Å². The van der Waals surface area contributed by atoms with Crippen LogP contribution in [0.2, 0.25) is 18.1 Å². The van der Waals surface area contributed by atoms with E-state index in [1.165, 1.54) is 7.11 Å². The van der Waals surface area contributed by atoms with Crippen molar-refractivity contribution >= 4 is 20.6 Å². The lowest BCUT2D eigenvalue weighted by Gasteiger charge is -2.36. The zero-order valence-corrected chi connectivity index (χ0v) is 16.0. The van der Waals surface area contributed by atoms with E-state index in [-0.39, 0.29) is 23.3 Å². The molecule has 1 rings (SSSR count). The molecular formula is C18H28O4Si. The van der Waals surface area contributed by atoms with Gasteiger partial charge in [-0.15, -0.1) is 0 Å². The normalized spacial score (nSPS) is 13.3. The number of ether oxygens (including phenoxy) is 1. The Kier molecular flexibility index (Phi) is 6.56. The monoisotopic (exact) mass is 336 g/mol. The van der Waals surface area contributed by atoms with Crippen LogP contribution in [0, 0.1) is 0 Å². The summed E-state index contributed by atoms with van der Waals surface area (Å²) in [7, 11) is -0.565. The lowest BCUT2D eigenvalue weighted by atomic mass is 9.95. The van der Waals surface area contributed by atoms with Gasteiger partial charge >= 0.3 is 5.97 Å². The first kappa shape index (κ1) is 19.4. The maximum Gasteiger partial charge on any atom is 0.305 e. The lowest BCUT2D eigenvalue weighted by Crippen LogP contribution is -2.43. The van der Waals surface area contributed by atoms with Gasteiger partial charge in [-0.2, -0.15) is 0 Å². The van der Waals surface area contributed by atoms with Gasteiger partial charge in [-0.3, -0.25) is 4.79 Å². The predicted octanol–water partition coefficient (Wildman–Crippen LogP) is 4.31. The SMILES string of the molecule is COC(=O)CC[C@H](C=O)c1cccc(O[Si](C)(C)C(C)(C)C)c1. The quantitative estimate of drug-likeness (QED) is 0.423. The van der Waals surface area contributed by atoms with Crippen LogP contribution >= 0.6 is 0 Å². The van der Waals surface area contributed by atoms with Crippen molar-refractivity contribution in [3.05, 3.63) is 29.8 Å². The van der Waals surface area contributed by atoms with E-state index in [2.05, 4.69) is 38.6 Å². The fraction of sp³-hybridized carbons (Fsp3) is 0.556. The van der Waals surface area contributed by atoms with Crippen LogP contribution in [0.15, 0.2) is 24.3 Å².